The average Bonchev–Trinajstić information content (AvgIpc) is 2.47. The van der Waals surface area contributed by atoms with Crippen molar-refractivity contribution in [2.75, 3.05) is 13.7 Å². The highest BCUT2D eigenvalue weighted by atomic mass is 35.5. The Balaban J connectivity index is 2.20. The summed E-state index contributed by atoms with van der Waals surface area (Å²) in [4.78, 5) is 0. The van der Waals surface area contributed by atoms with Gasteiger partial charge in [-0.2, -0.15) is 0 Å². The van der Waals surface area contributed by atoms with Crippen molar-refractivity contribution in [2.45, 2.75) is 12.5 Å². The Hall–Kier alpha value is -1.42. The maximum Gasteiger partial charge on any atom is 0.129 e. The Morgan fingerprint density at radius 3 is 2.55 bits per heavy atom. The third-order valence-corrected chi connectivity index (χ3v) is 3.38. The molecular weight excluding hydrogens is 279 g/mol. The van der Waals surface area contributed by atoms with E-state index in [1.54, 1.807) is 19.2 Å². The summed E-state index contributed by atoms with van der Waals surface area (Å²) in [6.45, 7) is 0.644. The molecule has 0 radical (unpaired) electrons. The topological polar surface area (TPSA) is 29.5 Å². The second-order valence-electron chi connectivity index (χ2n) is 4.55. The molecule has 2 aromatic carbocycles. The van der Waals surface area contributed by atoms with E-state index >= 15 is 0 Å². The van der Waals surface area contributed by atoms with Gasteiger partial charge in [-0.3, -0.25) is 0 Å². The second-order valence-corrected chi connectivity index (χ2v) is 4.99. The van der Waals surface area contributed by atoms with Crippen molar-refractivity contribution in [3.8, 4) is 0 Å². The number of ether oxygens (including phenoxy) is 1. The van der Waals surface area contributed by atoms with Gasteiger partial charge in [0.1, 0.15) is 11.9 Å². The molecule has 0 bridgehead atoms. The third-order valence-electron chi connectivity index (χ3n) is 3.14. The molecule has 0 saturated carbocycles. The summed E-state index contributed by atoms with van der Waals surface area (Å²) in [5.41, 5.74) is 1.92. The highest BCUT2D eigenvalue weighted by Crippen LogP contribution is 2.27. The van der Waals surface area contributed by atoms with Crippen molar-refractivity contribution in [1.29, 1.82) is 0 Å². The molecule has 0 aliphatic heterocycles. The van der Waals surface area contributed by atoms with Crippen LogP contribution < -0.4 is 0 Å². The van der Waals surface area contributed by atoms with E-state index in [9.17, 15) is 9.50 Å². The number of rotatable bonds is 5. The predicted molar refractivity (Wildman–Crippen MR) is 77.5 cm³/mol. The van der Waals surface area contributed by atoms with Crippen LogP contribution in [0.15, 0.2) is 42.5 Å². The molecule has 1 atom stereocenters. The zero-order valence-electron chi connectivity index (χ0n) is 11.1. The van der Waals surface area contributed by atoms with E-state index in [-0.39, 0.29) is 5.56 Å². The monoisotopic (exact) mass is 294 g/mol. The molecule has 1 N–H and O–H groups in total. The Morgan fingerprint density at radius 1 is 1.20 bits per heavy atom. The van der Waals surface area contributed by atoms with Crippen LogP contribution in [0.2, 0.25) is 5.02 Å². The summed E-state index contributed by atoms with van der Waals surface area (Å²) >= 11 is 5.84. The Labute approximate surface area is 122 Å². The van der Waals surface area contributed by atoms with Gasteiger partial charge in [0.15, 0.2) is 0 Å². The lowest BCUT2D eigenvalue weighted by Gasteiger charge is -2.13. The fourth-order valence-electron chi connectivity index (χ4n) is 1.99. The minimum atomic E-state index is -1.02. The summed E-state index contributed by atoms with van der Waals surface area (Å²) in [6.07, 6.45) is -0.219. The van der Waals surface area contributed by atoms with Crippen molar-refractivity contribution in [1.82, 2.24) is 0 Å². The number of hydrogen-bond donors (Lipinski definition) is 1. The van der Waals surface area contributed by atoms with E-state index in [0.29, 0.717) is 17.2 Å². The molecule has 0 fully saturated rings. The van der Waals surface area contributed by atoms with Gasteiger partial charge >= 0.3 is 0 Å². The van der Waals surface area contributed by atoms with Crippen LogP contribution in [0.4, 0.5) is 4.39 Å². The molecule has 1 unspecified atom stereocenters. The maximum atomic E-state index is 13.7. The highest BCUT2D eigenvalue weighted by Gasteiger charge is 2.15. The number of hydrogen-bond acceptors (Lipinski definition) is 2. The molecule has 106 valence electrons. The number of aliphatic hydroxyl groups excluding tert-OH is 1. The smallest absolute Gasteiger partial charge is 0.129 e. The molecule has 2 rings (SSSR count). The number of halogens is 2. The predicted octanol–water partition coefficient (Wildman–Crippen LogP) is 3.75. The summed E-state index contributed by atoms with van der Waals surface area (Å²) in [5.74, 6) is -0.467. The molecule has 0 heterocycles. The first-order valence-electron chi connectivity index (χ1n) is 6.32. The molecule has 2 nitrogen and oxygen atoms in total. The van der Waals surface area contributed by atoms with Crippen molar-refractivity contribution in [3.05, 3.63) is 70.0 Å². The van der Waals surface area contributed by atoms with Gasteiger partial charge in [0, 0.05) is 17.7 Å². The lowest BCUT2D eigenvalue weighted by molar-refractivity contribution is 0.202. The van der Waals surface area contributed by atoms with Crippen molar-refractivity contribution < 1.29 is 14.2 Å². The Kier molecular flexibility index (Phi) is 5.12. The lowest BCUT2D eigenvalue weighted by atomic mass is 9.99. The maximum absolute atomic E-state index is 13.7. The van der Waals surface area contributed by atoms with Crippen molar-refractivity contribution in [2.24, 2.45) is 0 Å². The van der Waals surface area contributed by atoms with Crippen LogP contribution in [0.3, 0.4) is 0 Å². The molecule has 2 aromatic rings. The SMILES string of the molecule is COCCc1ccc(C(O)c2cc(Cl)ccc2F)cc1. The Bertz CT molecular complexity index is 569. The normalized spacial score (nSPS) is 12.4. The minimum Gasteiger partial charge on any atom is -0.384 e. The molecule has 0 aliphatic rings. The van der Waals surface area contributed by atoms with Gasteiger partial charge in [-0.05, 0) is 35.7 Å². The van der Waals surface area contributed by atoms with Gasteiger partial charge in [0.2, 0.25) is 0 Å². The molecule has 4 heteroatoms. The van der Waals surface area contributed by atoms with Gasteiger partial charge < -0.3 is 9.84 Å². The zero-order chi connectivity index (χ0) is 14.5. The van der Waals surface area contributed by atoms with Crippen LogP contribution in [0.5, 0.6) is 0 Å². The van der Waals surface area contributed by atoms with Gasteiger partial charge in [-0.25, -0.2) is 4.39 Å². The fourth-order valence-corrected chi connectivity index (χ4v) is 2.17. The molecular formula is C16H16ClFO2. The summed E-state index contributed by atoms with van der Waals surface area (Å²) in [6, 6.07) is 11.5. The minimum absolute atomic E-state index is 0.183. The van der Waals surface area contributed by atoms with Gasteiger partial charge in [-0.15, -0.1) is 0 Å². The van der Waals surface area contributed by atoms with E-state index in [2.05, 4.69) is 0 Å². The van der Waals surface area contributed by atoms with Crippen LogP contribution in [0.25, 0.3) is 0 Å². The Morgan fingerprint density at radius 2 is 1.90 bits per heavy atom. The highest BCUT2D eigenvalue weighted by molar-refractivity contribution is 6.30. The van der Waals surface area contributed by atoms with E-state index < -0.39 is 11.9 Å². The molecule has 0 spiro atoms. The summed E-state index contributed by atoms with van der Waals surface area (Å²) in [5, 5.41) is 10.6. The van der Waals surface area contributed by atoms with E-state index in [0.717, 1.165) is 12.0 Å². The summed E-state index contributed by atoms with van der Waals surface area (Å²) in [7, 11) is 1.65. The second kappa shape index (κ2) is 6.84. The molecule has 20 heavy (non-hydrogen) atoms. The summed E-state index contributed by atoms with van der Waals surface area (Å²) < 4.78 is 18.7. The largest absolute Gasteiger partial charge is 0.384 e. The molecule has 0 amide bonds. The zero-order valence-corrected chi connectivity index (χ0v) is 11.9. The first-order chi connectivity index (χ1) is 9.61. The van der Waals surface area contributed by atoms with Gasteiger partial charge in [0.25, 0.3) is 0 Å². The number of aliphatic hydroxyl groups is 1. The first kappa shape index (κ1) is 15.0. The van der Waals surface area contributed by atoms with Gasteiger partial charge in [-0.1, -0.05) is 35.9 Å². The quantitative estimate of drug-likeness (QED) is 0.910. The van der Waals surface area contributed by atoms with Gasteiger partial charge in [0.05, 0.1) is 6.61 Å². The first-order valence-corrected chi connectivity index (χ1v) is 6.70. The standard InChI is InChI=1S/C16H16ClFO2/c1-20-9-8-11-2-4-12(5-3-11)16(19)14-10-13(17)6-7-15(14)18/h2-7,10,16,19H,8-9H2,1H3. The van der Waals surface area contributed by atoms with Crippen LogP contribution in [-0.2, 0) is 11.2 Å². The van der Waals surface area contributed by atoms with Crippen molar-refractivity contribution >= 4 is 11.6 Å². The fraction of sp³-hybridized carbons (Fsp3) is 0.250. The van der Waals surface area contributed by atoms with Crippen molar-refractivity contribution in [3.63, 3.8) is 0 Å². The van der Waals surface area contributed by atoms with E-state index in [4.69, 9.17) is 16.3 Å². The van der Waals surface area contributed by atoms with Crippen LogP contribution in [0, 0.1) is 5.82 Å². The molecule has 0 saturated heterocycles. The van der Waals surface area contributed by atoms with Crippen LogP contribution in [0.1, 0.15) is 22.8 Å². The lowest BCUT2D eigenvalue weighted by Crippen LogP contribution is -2.03. The van der Waals surface area contributed by atoms with Crippen LogP contribution >= 0.6 is 11.6 Å². The number of methoxy groups -OCH3 is 1. The number of benzene rings is 2. The third kappa shape index (κ3) is 3.57. The molecule has 0 aromatic heterocycles. The molecule has 0 aliphatic carbocycles. The van der Waals surface area contributed by atoms with E-state index in [1.807, 2.05) is 12.1 Å². The van der Waals surface area contributed by atoms with Crippen LogP contribution in [-0.4, -0.2) is 18.8 Å². The average molecular weight is 295 g/mol. The van der Waals surface area contributed by atoms with E-state index in [1.165, 1.54) is 18.2 Å².